The maximum Gasteiger partial charge on any atom is 0.323 e. The smallest absolute Gasteiger partial charge is 0.323 e. The molecule has 2 aromatic carbocycles. The summed E-state index contributed by atoms with van der Waals surface area (Å²) in [5.41, 5.74) is 2.80. The summed E-state index contributed by atoms with van der Waals surface area (Å²) in [4.78, 5) is 20.3. The van der Waals surface area contributed by atoms with Crippen LogP contribution in [0.4, 0.5) is 16.2 Å². The molecule has 4 N–H and O–H groups in total. The van der Waals surface area contributed by atoms with E-state index in [9.17, 15) is 4.79 Å². The summed E-state index contributed by atoms with van der Waals surface area (Å²) < 4.78 is 10.7. The van der Waals surface area contributed by atoms with Crippen molar-refractivity contribution >= 4 is 23.4 Å². The minimum absolute atomic E-state index is 0.362. The van der Waals surface area contributed by atoms with Crippen molar-refractivity contribution in [2.45, 2.75) is 6.54 Å². The first-order chi connectivity index (χ1) is 15.1. The molecule has 3 aromatic rings. The first kappa shape index (κ1) is 21.2. The summed E-state index contributed by atoms with van der Waals surface area (Å²) in [5, 5.41) is 19.7. The van der Waals surface area contributed by atoms with E-state index in [0.29, 0.717) is 35.4 Å². The summed E-state index contributed by atoms with van der Waals surface area (Å²) in [6, 6.07) is 12.1. The molecular weight excluding hydrogens is 398 g/mol. The van der Waals surface area contributed by atoms with Crippen LogP contribution in [0.5, 0.6) is 5.75 Å². The molecule has 0 saturated carbocycles. The number of hydrogen-bond donors (Lipinski definition) is 4. The van der Waals surface area contributed by atoms with Crippen molar-refractivity contribution in [3.63, 3.8) is 0 Å². The molecule has 0 aliphatic rings. The maximum absolute atomic E-state index is 12.4. The Morgan fingerprint density at radius 3 is 2.71 bits per heavy atom. The molecule has 0 unspecified atom stereocenters. The number of oxazole rings is 1. The van der Waals surface area contributed by atoms with Gasteiger partial charge < -0.3 is 25.1 Å². The first-order valence-corrected chi connectivity index (χ1v) is 9.22. The second-order valence-electron chi connectivity index (χ2n) is 6.22. The highest BCUT2D eigenvalue weighted by atomic mass is 16.5. The van der Waals surface area contributed by atoms with Crippen LogP contribution in [0.2, 0.25) is 0 Å². The van der Waals surface area contributed by atoms with Crippen LogP contribution in [0, 0.1) is 11.5 Å². The molecule has 2 amide bonds. The number of nitrogens with one attached hydrogen (secondary N) is 4. The molecule has 0 fully saturated rings. The van der Waals surface area contributed by atoms with E-state index < -0.39 is 6.03 Å². The second-order valence-corrected chi connectivity index (χ2v) is 6.22. The minimum Gasteiger partial charge on any atom is -0.496 e. The van der Waals surface area contributed by atoms with Gasteiger partial charge in [0.25, 0.3) is 0 Å². The lowest BCUT2D eigenvalue weighted by Crippen LogP contribution is -2.33. The van der Waals surface area contributed by atoms with Crippen LogP contribution >= 0.6 is 0 Å². The Hall–Kier alpha value is -4.52. The molecular formula is C21H21N7O3. The summed E-state index contributed by atoms with van der Waals surface area (Å²) in [7, 11) is 3.11. The number of nitrogens with zero attached hydrogens (tertiary/aromatic N) is 3. The summed E-state index contributed by atoms with van der Waals surface area (Å²) >= 11 is 0. The fourth-order valence-electron chi connectivity index (χ4n) is 2.79. The van der Waals surface area contributed by atoms with Crippen molar-refractivity contribution in [3.05, 3.63) is 60.6 Å². The lowest BCUT2D eigenvalue weighted by molar-refractivity contribution is 0.262. The van der Waals surface area contributed by atoms with E-state index in [1.807, 2.05) is 24.4 Å². The van der Waals surface area contributed by atoms with E-state index in [4.69, 9.17) is 14.4 Å². The fourth-order valence-corrected chi connectivity index (χ4v) is 2.79. The number of ether oxygens (including phenoxy) is 1. The van der Waals surface area contributed by atoms with Crippen LogP contribution in [-0.4, -0.2) is 31.1 Å². The molecule has 158 valence electrons. The standard InChI is InChI=1S/C21H21N7O3/c1-23-20(26-12-22)25-10-14-4-3-5-15(8-14)27-21(29)28-16-6-7-17(18(9-16)30-2)19-11-24-13-31-19/h3-9,11,13H,10H2,1-2H3,(H2,23,25,26)(H2,27,28,29). The lowest BCUT2D eigenvalue weighted by Gasteiger charge is -2.12. The van der Waals surface area contributed by atoms with Gasteiger partial charge in [0.15, 0.2) is 18.3 Å². The highest BCUT2D eigenvalue weighted by Crippen LogP contribution is 2.32. The average Bonchev–Trinajstić information content (AvgIpc) is 3.31. The molecule has 1 aromatic heterocycles. The van der Waals surface area contributed by atoms with Crippen molar-refractivity contribution in [3.8, 4) is 23.3 Å². The number of urea groups is 1. The Kier molecular flexibility index (Phi) is 7.05. The Morgan fingerprint density at radius 2 is 2.03 bits per heavy atom. The number of guanidine groups is 1. The van der Waals surface area contributed by atoms with Gasteiger partial charge in [-0.25, -0.2) is 9.78 Å². The molecule has 0 bridgehead atoms. The molecule has 0 aliphatic carbocycles. The number of hydrogen-bond acceptors (Lipinski definition) is 6. The maximum atomic E-state index is 12.4. The Labute approximate surface area is 179 Å². The number of carbonyl (C=O) groups excluding carboxylic acids is 1. The zero-order chi connectivity index (χ0) is 22.1. The molecule has 0 radical (unpaired) electrons. The summed E-state index contributed by atoms with van der Waals surface area (Å²) in [6.45, 7) is 0.429. The van der Waals surface area contributed by atoms with Gasteiger partial charge in [0.05, 0.1) is 18.9 Å². The molecule has 10 nitrogen and oxygen atoms in total. The number of rotatable bonds is 6. The normalized spacial score (nSPS) is 10.7. The van der Waals surface area contributed by atoms with Gasteiger partial charge in [-0.3, -0.25) is 10.3 Å². The minimum atomic E-state index is -0.401. The van der Waals surface area contributed by atoms with Crippen LogP contribution in [0.3, 0.4) is 0 Å². The number of benzene rings is 2. The Morgan fingerprint density at radius 1 is 1.23 bits per heavy atom. The zero-order valence-electron chi connectivity index (χ0n) is 17.0. The van der Waals surface area contributed by atoms with Crippen LogP contribution in [0.15, 0.2) is 64.5 Å². The number of aliphatic imine (C=N–C) groups is 1. The number of nitriles is 1. The SMILES string of the molecule is CN=C(NC#N)NCc1cccc(NC(=O)Nc2ccc(-c3cnco3)c(OC)c2)c1. The Bertz CT molecular complexity index is 1100. The van der Waals surface area contributed by atoms with Crippen LogP contribution in [-0.2, 0) is 6.54 Å². The first-order valence-electron chi connectivity index (χ1n) is 9.22. The summed E-state index contributed by atoms with van der Waals surface area (Å²) in [6.07, 6.45) is 4.74. The van der Waals surface area contributed by atoms with Gasteiger partial charge in [0.2, 0.25) is 5.96 Å². The van der Waals surface area contributed by atoms with Gasteiger partial charge in [-0.2, -0.15) is 5.26 Å². The van der Waals surface area contributed by atoms with E-state index >= 15 is 0 Å². The van der Waals surface area contributed by atoms with E-state index in [1.54, 1.807) is 44.6 Å². The molecule has 0 spiro atoms. The van der Waals surface area contributed by atoms with Gasteiger partial charge in [0, 0.05) is 31.0 Å². The highest BCUT2D eigenvalue weighted by Gasteiger charge is 2.11. The molecule has 10 heteroatoms. The Balaban J connectivity index is 1.63. The van der Waals surface area contributed by atoms with Crippen molar-refractivity contribution in [1.82, 2.24) is 15.6 Å². The number of aromatic nitrogens is 1. The van der Waals surface area contributed by atoms with Crippen molar-refractivity contribution < 1.29 is 13.9 Å². The van der Waals surface area contributed by atoms with Gasteiger partial charge in [-0.1, -0.05) is 12.1 Å². The largest absolute Gasteiger partial charge is 0.496 e. The third-order valence-electron chi connectivity index (χ3n) is 4.20. The molecule has 0 atom stereocenters. The number of carbonyl (C=O) groups is 1. The van der Waals surface area contributed by atoms with Crippen LogP contribution in [0.1, 0.15) is 5.56 Å². The monoisotopic (exact) mass is 419 g/mol. The van der Waals surface area contributed by atoms with Gasteiger partial charge >= 0.3 is 6.03 Å². The highest BCUT2D eigenvalue weighted by molar-refractivity contribution is 6.00. The van der Waals surface area contributed by atoms with Crippen molar-refractivity contribution in [2.75, 3.05) is 24.8 Å². The van der Waals surface area contributed by atoms with E-state index in [-0.39, 0.29) is 0 Å². The number of anilines is 2. The predicted octanol–water partition coefficient (Wildman–Crippen LogP) is 3.14. The number of methoxy groups -OCH3 is 1. The number of amides is 2. The van der Waals surface area contributed by atoms with Gasteiger partial charge in [-0.05, 0) is 29.8 Å². The summed E-state index contributed by atoms with van der Waals surface area (Å²) in [5.74, 6) is 1.47. The quantitative estimate of drug-likeness (QED) is 0.208. The van der Waals surface area contributed by atoms with E-state index in [2.05, 4.69) is 31.2 Å². The van der Waals surface area contributed by atoms with Crippen LogP contribution in [0.25, 0.3) is 11.3 Å². The lowest BCUT2D eigenvalue weighted by atomic mass is 10.1. The van der Waals surface area contributed by atoms with Crippen molar-refractivity contribution in [1.29, 1.82) is 5.26 Å². The average molecular weight is 419 g/mol. The van der Waals surface area contributed by atoms with Gasteiger partial charge in [-0.15, -0.1) is 0 Å². The predicted molar refractivity (Wildman–Crippen MR) is 117 cm³/mol. The van der Waals surface area contributed by atoms with Crippen molar-refractivity contribution in [2.24, 2.45) is 4.99 Å². The second kappa shape index (κ2) is 10.3. The van der Waals surface area contributed by atoms with E-state index in [0.717, 1.165) is 11.1 Å². The topological polar surface area (TPSA) is 137 Å². The fraction of sp³-hybridized carbons (Fsp3) is 0.143. The molecule has 0 aliphatic heterocycles. The zero-order valence-corrected chi connectivity index (χ0v) is 17.0. The molecule has 3 rings (SSSR count). The van der Waals surface area contributed by atoms with E-state index in [1.165, 1.54) is 6.39 Å². The molecule has 0 saturated heterocycles. The molecule has 1 heterocycles. The third-order valence-corrected chi connectivity index (χ3v) is 4.20. The van der Waals surface area contributed by atoms with Crippen LogP contribution < -0.4 is 26.0 Å². The molecule has 31 heavy (non-hydrogen) atoms. The van der Waals surface area contributed by atoms with Gasteiger partial charge in [0.1, 0.15) is 5.75 Å². The third kappa shape index (κ3) is 5.74.